The molecule has 0 radical (unpaired) electrons. The van der Waals surface area contributed by atoms with E-state index in [0.717, 1.165) is 5.75 Å². The van der Waals surface area contributed by atoms with Crippen molar-refractivity contribution >= 4 is 21.5 Å². The Morgan fingerprint density at radius 3 is 1.62 bits per heavy atom. The van der Waals surface area contributed by atoms with Crippen molar-refractivity contribution in [1.82, 2.24) is 0 Å². The third-order valence-electron chi connectivity index (χ3n) is 9.41. The van der Waals surface area contributed by atoms with Crippen LogP contribution in [0.15, 0.2) is 91.0 Å². The summed E-state index contributed by atoms with van der Waals surface area (Å²) in [4.78, 5) is 0. The normalized spacial score (nSPS) is 11.6. The van der Waals surface area contributed by atoms with E-state index >= 15 is 0 Å². The third kappa shape index (κ3) is 9.23. The van der Waals surface area contributed by atoms with Crippen molar-refractivity contribution in [2.24, 2.45) is 0 Å². The molecule has 1 nitrogen and oxygen atoms in total. The van der Waals surface area contributed by atoms with Crippen LogP contribution in [0.4, 0.5) is 0 Å². The molecule has 6 aromatic carbocycles. The Kier molecular flexibility index (Phi) is 14.2. The average molecular weight is 785 g/mol. The van der Waals surface area contributed by atoms with Crippen molar-refractivity contribution in [3.63, 3.8) is 0 Å². The largest absolute Gasteiger partial charge is 4.00 e. The van der Waals surface area contributed by atoms with Crippen LogP contribution in [-0.4, -0.2) is 7.11 Å². The van der Waals surface area contributed by atoms with Gasteiger partial charge in [-0.15, -0.1) is 62.5 Å². The first-order valence-electron chi connectivity index (χ1n) is 17.1. The first kappa shape index (κ1) is 43.5. The molecular weight excluding hydrogens is 731 g/mol. The number of halogens is 2. The van der Waals surface area contributed by atoms with Crippen LogP contribution in [-0.2, 0) is 42.4 Å². The monoisotopic (exact) mass is 782 g/mol. The van der Waals surface area contributed by atoms with Gasteiger partial charge in [0.2, 0.25) is 0 Å². The quantitative estimate of drug-likeness (QED) is 0.172. The Morgan fingerprint density at radius 2 is 1.10 bits per heavy atom. The molecule has 0 aliphatic carbocycles. The number of ether oxygens (including phenoxy) is 1. The molecule has 0 saturated carbocycles. The Morgan fingerprint density at radius 1 is 0.560 bits per heavy atom. The summed E-state index contributed by atoms with van der Waals surface area (Å²) in [5.74, 6) is 0.997. The summed E-state index contributed by atoms with van der Waals surface area (Å²) in [7, 11) is 1.78. The van der Waals surface area contributed by atoms with Crippen molar-refractivity contribution in [3.05, 3.63) is 124 Å². The van der Waals surface area contributed by atoms with Gasteiger partial charge in [-0.3, -0.25) is 0 Å². The molecule has 50 heavy (non-hydrogen) atoms. The number of methoxy groups -OCH3 is 1. The van der Waals surface area contributed by atoms with Crippen LogP contribution in [0, 0.1) is 20.8 Å². The molecule has 0 aliphatic rings. The second-order valence-corrected chi connectivity index (χ2v) is 16.6. The molecule has 0 heterocycles. The van der Waals surface area contributed by atoms with E-state index in [1.54, 1.807) is 7.11 Å². The zero-order valence-corrected chi connectivity index (χ0v) is 36.3. The molecule has 6 aromatic rings. The predicted octanol–water partition coefficient (Wildman–Crippen LogP) is 7.28. The smallest absolute Gasteiger partial charge is 1.00 e. The van der Waals surface area contributed by atoms with Gasteiger partial charge in [0.15, 0.2) is 0 Å². The first-order chi connectivity index (χ1) is 21.9. The van der Waals surface area contributed by atoms with Gasteiger partial charge in [-0.25, -0.2) is 0 Å². The Labute approximate surface area is 333 Å². The Bertz CT molecular complexity index is 2010. The van der Waals surface area contributed by atoms with Crippen molar-refractivity contribution in [1.29, 1.82) is 0 Å². The number of benzene rings is 4. The molecule has 0 bridgehead atoms. The minimum absolute atomic E-state index is 0. The van der Waals surface area contributed by atoms with Crippen molar-refractivity contribution in [3.8, 4) is 28.0 Å². The molecule has 6 rings (SSSR count). The topological polar surface area (TPSA) is 9.23 Å². The van der Waals surface area contributed by atoms with Gasteiger partial charge in [-0.1, -0.05) is 143 Å². The zero-order chi connectivity index (χ0) is 34.5. The van der Waals surface area contributed by atoms with Gasteiger partial charge in [0.25, 0.3) is 0 Å². The Hall–Kier alpha value is -2.64. The average Bonchev–Trinajstić information content (AvgIpc) is 3.57. The molecule has 4 heteroatoms. The third-order valence-corrected chi connectivity index (χ3v) is 9.41. The second-order valence-electron chi connectivity index (χ2n) is 16.6. The number of aryl methyl sites for hydroxylation is 3. The van der Waals surface area contributed by atoms with Crippen molar-refractivity contribution < 1.29 is 55.8 Å². The van der Waals surface area contributed by atoms with E-state index in [0.29, 0.717) is 0 Å². The summed E-state index contributed by atoms with van der Waals surface area (Å²) in [5.41, 5.74) is 13.5. The van der Waals surface area contributed by atoms with Crippen LogP contribution in [0.25, 0.3) is 43.8 Å². The maximum atomic E-state index is 5.87. The molecule has 262 valence electrons. The summed E-state index contributed by atoms with van der Waals surface area (Å²) >= 11 is 0. The molecule has 0 N–H and O–H groups in total. The van der Waals surface area contributed by atoms with Crippen LogP contribution < -0.4 is 29.6 Å². The molecule has 0 unspecified atom stereocenters. The minimum Gasteiger partial charge on any atom is -1.00 e. The van der Waals surface area contributed by atoms with Gasteiger partial charge in [-0.05, 0) is 49.6 Å². The fourth-order valence-corrected chi connectivity index (χ4v) is 6.64. The van der Waals surface area contributed by atoms with Gasteiger partial charge in [0, 0.05) is 0 Å². The number of hydrogen-bond donors (Lipinski definition) is 0. The van der Waals surface area contributed by atoms with Gasteiger partial charge in [0.05, 0.1) is 7.11 Å². The standard InChI is InChI=1S/C25H31.C21H23O.2ClH.Zr/c1-16-11-22-17(2)9-10-21(23(22)12-16)18-13-19(24(3,4)5)15-20(14-18)25(6,7)8;1-14-11-16-13-18(21(2,3)4)20(22-5)19(17(16)12-14)15-9-7-6-8-10-15;;;/h9-15H,1-8H3;6-13H,1-5H3;2*1H;/q2*-1;;;+4/p-2. The fourth-order valence-electron chi connectivity index (χ4n) is 6.64. The van der Waals surface area contributed by atoms with Crippen LogP contribution in [0.5, 0.6) is 5.75 Å². The molecular formula is C46H54Cl2OZr. The fraction of sp³-hybridized carbons (Fsp3) is 0.348. The van der Waals surface area contributed by atoms with Crippen molar-refractivity contribution in [2.75, 3.05) is 7.11 Å². The zero-order valence-electron chi connectivity index (χ0n) is 32.3. The number of rotatable bonds is 3. The summed E-state index contributed by atoms with van der Waals surface area (Å²) < 4.78 is 5.87. The summed E-state index contributed by atoms with van der Waals surface area (Å²) in [6.45, 7) is 27.1. The van der Waals surface area contributed by atoms with Gasteiger partial charge in [-0.2, -0.15) is 12.1 Å². The SMILES string of the molecule is COc1c(C(C)(C)C)cc2[cH-]c(C)cc2c1-c1ccccc1.Cc1cc2c(-c3cc(C(C)(C)C)cc(C(C)(C)C)c3)ccc(C)c2[cH-]1.[Cl-].[Cl-].[Zr+4]. The summed E-state index contributed by atoms with van der Waals surface area (Å²) in [5, 5.41) is 5.33. The van der Waals surface area contributed by atoms with E-state index in [1.165, 1.54) is 77.2 Å². The van der Waals surface area contributed by atoms with E-state index in [2.05, 4.69) is 174 Å². The van der Waals surface area contributed by atoms with Gasteiger partial charge >= 0.3 is 26.2 Å². The van der Waals surface area contributed by atoms with Crippen LogP contribution in [0.2, 0.25) is 0 Å². The first-order valence-corrected chi connectivity index (χ1v) is 17.1. The predicted molar refractivity (Wildman–Crippen MR) is 207 cm³/mol. The number of hydrogen-bond acceptors (Lipinski definition) is 1. The molecule has 0 atom stereocenters. The molecule has 0 aliphatic heterocycles. The van der Waals surface area contributed by atoms with Crippen LogP contribution in [0.1, 0.15) is 95.7 Å². The molecule has 0 saturated heterocycles. The van der Waals surface area contributed by atoms with Gasteiger partial charge in [0.1, 0.15) is 5.75 Å². The molecule has 0 amide bonds. The van der Waals surface area contributed by atoms with Crippen molar-refractivity contribution in [2.45, 2.75) is 99.3 Å². The summed E-state index contributed by atoms with van der Waals surface area (Å²) in [6.07, 6.45) is 0. The van der Waals surface area contributed by atoms with E-state index in [4.69, 9.17) is 4.74 Å². The number of fused-ring (bicyclic) bond motifs is 2. The Balaban J connectivity index is 0.000000329. The molecule has 0 fully saturated rings. The minimum atomic E-state index is 0. The maximum Gasteiger partial charge on any atom is 4.00 e. The maximum absolute atomic E-state index is 5.87. The van der Waals surface area contributed by atoms with E-state index in [1.807, 2.05) is 0 Å². The molecule has 0 aromatic heterocycles. The van der Waals surface area contributed by atoms with E-state index < -0.39 is 0 Å². The second kappa shape index (κ2) is 16.4. The molecule has 0 spiro atoms. The summed E-state index contributed by atoms with van der Waals surface area (Å²) in [6, 6.07) is 33.7. The van der Waals surface area contributed by atoms with E-state index in [9.17, 15) is 0 Å². The van der Waals surface area contributed by atoms with Crippen LogP contribution >= 0.6 is 0 Å². The van der Waals surface area contributed by atoms with E-state index in [-0.39, 0.29) is 67.3 Å². The van der Waals surface area contributed by atoms with Gasteiger partial charge < -0.3 is 29.6 Å². The van der Waals surface area contributed by atoms with Crippen LogP contribution in [0.3, 0.4) is 0 Å².